The number of unbranched alkanes of at least 4 members (excludes halogenated alkanes) is 9. The molecule has 0 saturated carbocycles. The van der Waals surface area contributed by atoms with Crippen LogP contribution in [0.15, 0.2) is 0 Å². The predicted molar refractivity (Wildman–Crippen MR) is 222 cm³/mol. The average molecular weight is 939 g/mol. The number of carbonyl (C=O) groups is 4. The van der Waals surface area contributed by atoms with Gasteiger partial charge < -0.3 is 82.4 Å². The van der Waals surface area contributed by atoms with Crippen LogP contribution in [-0.4, -0.2) is 179 Å². The maximum atomic E-state index is 12.7. The third kappa shape index (κ3) is 15.4. The maximum absolute atomic E-state index is 12.7. The van der Waals surface area contributed by atoms with Gasteiger partial charge in [0.2, 0.25) is 0 Å². The van der Waals surface area contributed by atoms with Crippen molar-refractivity contribution in [1.29, 1.82) is 0 Å². The van der Waals surface area contributed by atoms with E-state index in [1.807, 2.05) is 0 Å². The van der Waals surface area contributed by atoms with Gasteiger partial charge in [-0.05, 0) is 34.1 Å². The van der Waals surface area contributed by atoms with Gasteiger partial charge in [-0.25, -0.2) is 0 Å². The summed E-state index contributed by atoms with van der Waals surface area (Å²) < 4.78 is 70.2. The number of esters is 4. The molecule has 0 unspecified atom stereocenters. The smallest absolute Gasteiger partial charge is 0.303 e. The fourth-order valence-electron chi connectivity index (χ4n) is 8.58. The Kier molecular flexibility index (Phi) is 22.2. The van der Waals surface area contributed by atoms with Crippen LogP contribution in [0, 0.1) is 0 Å². The van der Waals surface area contributed by atoms with E-state index in [2.05, 4.69) is 6.92 Å². The van der Waals surface area contributed by atoms with E-state index < -0.39 is 147 Å². The molecule has 0 amide bonds. The Bertz CT molecular complexity index is 1490. The first-order valence-corrected chi connectivity index (χ1v) is 23.0. The van der Waals surface area contributed by atoms with E-state index in [0.29, 0.717) is 6.61 Å². The molecular formula is C44H74O21. The van der Waals surface area contributed by atoms with Gasteiger partial charge in [-0.1, -0.05) is 64.7 Å². The molecule has 0 radical (unpaired) electrons. The molecule has 0 aromatic heterocycles. The molecule has 4 fully saturated rings. The van der Waals surface area contributed by atoms with Crippen LogP contribution in [0.1, 0.15) is 127 Å². The minimum Gasteiger partial charge on any atom is -0.457 e. The minimum absolute atomic E-state index is 0.303. The van der Waals surface area contributed by atoms with Crippen LogP contribution in [0.4, 0.5) is 0 Å². The minimum atomic E-state index is -1.85. The number of aliphatic hydroxyl groups is 5. The van der Waals surface area contributed by atoms with Crippen molar-refractivity contribution in [3.05, 3.63) is 0 Å². The summed E-state index contributed by atoms with van der Waals surface area (Å²) in [6.45, 7) is 12.9. The molecule has 0 spiro atoms. The lowest BCUT2D eigenvalue weighted by Gasteiger charge is -2.50. The summed E-state index contributed by atoms with van der Waals surface area (Å²) in [6, 6.07) is 0. The van der Waals surface area contributed by atoms with E-state index in [1.165, 1.54) is 59.3 Å². The van der Waals surface area contributed by atoms with E-state index in [9.17, 15) is 44.7 Å². The normalized spacial score (nSPS) is 39.8. The van der Waals surface area contributed by atoms with Gasteiger partial charge in [0.25, 0.3) is 0 Å². The lowest BCUT2D eigenvalue weighted by Crippen LogP contribution is -2.67. The van der Waals surface area contributed by atoms with Crippen molar-refractivity contribution in [2.24, 2.45) is 0 Å². The topological polar surface area (TPSA) is 280 Å². The molecule has 376 valence electrons. The van der Waals surface area contributed by atoms with Gasteiger partial charge in [0.05, 0.1) is 24.4 Å². The largest absolute Gasteiger partial charge is 0.457 e. The molecular weight excluding hydrogens is 864 g/mol. The summed E-state index contributed by atoms with van der Waals surface area (Å²) in [5, 5.41) is 56.2. The second kappa shape index (κ2) is 26.2. The zero-order chi connectivity index (χ0) is 48.1. The molecule has 5 N–H and O–H groups in total. The van der Waals surface area contributed by atoms with Crippen LogP contribution in [0.25, 0.3) is 0 Å². The fourth-order valence-corrected chi connectivity index (χ4v) is 8.58. The maximum Gasteiger partial charge on any atom is 0.303 e. The molecule has 0 aromatic carbocycles. The third-order valence-electron chi connectivity index (χ3n) is 11.9. The van der Waals surface area contributed by atoms with Crippen molar-refractivity contribution in [3.8, 4) is 0 Å². The van der Waals surface area contributed by atoms with Crippen LogP contribution in [0.3, 0.4) is 0 Å². The molecule has 4 saturated heterocycles. The number of ether oxygens (including phenoxy) is 12. The monoisotopic (exact) mass is 938 g/mol. The molecule has 0 aromatic rings. The van der Waals surface area contributed by atoms with E-state index in [4.69, 9.17) is 56.8 Å². The summed E-state index contributed by atoms with van der Waals surface area (Å²) in [6.07, 6.45) is -17.5. The number of hydrogen-bond acceptors (Lipinski definition) is 21. The van der Waals surface area contributed by atoms with Gasteiger partial charge in [0.1, 0.15) is 48.8 Å². The van der Waals surface area contributed by atoms with Gasteiger partial charge in [-0.15, -0.1) is 0 Å². The van der Waals surface area contributed by atoms with Crippen LogP contribution < -0.4 is 0 Å². The van der Waals surface area contributed by atoms with Crippen molar-refractivity contribution in [3.63, 3.8) is 0 Å². The Labute approximate surface area is 380 Å². The highest BCUT2D eigenvalue weighted by Crippen LogP contribution is 2.37. The van der Waals surface area contributed by atoms with E-state index in [-0.39, 0.29) is 0 Å². The molecule has 0 aliphatic carbocycles. The summed E-state index contributed by atoms with van der Waals surface area (Å²) in [7, 11) is 0. The van der Waals surface area contributed by atoms with Crippen molar-refractivity contribution < 1.29 is 102 Å². The average Bonchev–Trinajstić information content (AvgIpc) is 3.22. The van der Waals surface area contributed by atoms with Gasteiger partial charge >= 0.3 is 23.9 Å². The highest BCUT2D eigenvalue weighted by molar-refractivity contribution is 5.67. The molecule has 0 bridgehead atoms. The first-order valence-electron chi connectivity index (χ1n) is 23.0. The molecule has 4 heterocycles. The molecule has 4 rings (SSSR count). The van der Waals surface area contributed by atoms with Gasteiger partial charge in [0, 0.05) is 34.3 Å². The second-order valence-corrected chi connectivity index (χ2v) is 17.4. The van der Waals surface area contributed by atoms with Crippen LogP contribution in [-0.2, 0) is 76.0 Å². The Hall–Kier alpha value is -2.64. The van der Waals surface area contributed by atoms with Crippen molar-refractivity contribution in [1.82, 2.24) is 0 Å². The first-order chi connectivity index (χ1) is 30.7. The Morgan fingerprint density at radius 2 is 0.738 bits per heavy atom. The van der Waals surface area contributed by atoms with Crippen LogP contribution >= 0.6 is 0 Å². The summed E-state index contributed by atoms with van der Waals surface area (Å²) in [5.74, 6) is -3.21. The lowest BCUT2D eigenvalue weighted by atomic mass is 9.95. The second-order valence-electron chi connectivity index (χ2n) is 17.4. The third-order valence-corrected chi connectivity index (χ3v) is 11.9. The van der Waals surface area contributed by atoms with Crippen LogP contribution in [0.5, 0.6) is 0 Å². The molecule has 21 nitrogen and oxygen atoms in total. The Balaban J connectivity index is 1.49. The van der Waals surface area contributed by atoms with Crippen molar-refractivity contribution in [2.75, 3.05) is 6.61 Å². The number of aliphatic hydroxyl groups excluding tert-OH is 5. The highest BCUT2D eigenvalue weighted by atomic mass is 16.8. The summed E-state index contributed by atoms with van der Waals surface area (Å²) in [5.41, 5.74) is 0. The molecule has 4 aliphatic heterocycles. The molecule has 4 aliphatic rings. The zero-order valence-corrected chi connectivity index (χ0v) is 39.1. The van der Waals surface area contributed by atoms with Gasteiger partial charge in [-0.3, -0.25) is 19.2 Å². The van der Waals surface area contributed by atoms with E-state index in [1.54, 1.807) is 6.92 Å². The fraction of sp³-hybridized carbons (Fsp3) is 0.909. The highest BCUT2D eigenvalue weighted by Gasteiger charge is 2.57. The molecule has 21 heteroatoms. The number of carbonyl (C=O) groups excluding carboxylic acids is 4. The van der Waals surface area contributed by atoms with E-state index in [0.717, 1.165) is 53.4 Å². The standard InChI is InChI=1S/C44H74O21/c1-10-11-12-13-14-15-16-17-18-19-20-54-41-31(51)29(49)35(22(3)55-41)63-43-33(53)38(36(23(4)57-43)60-26(7)46)64-44-40(62-28(9)48)39(37(24(5)58-44)61-27(8)47)65-42-32(52)30(50)34(21(2)56-42)59-25(6)45/h21-24,29-44,49-53H,10-20H2,1-9H3/t21-,22+,23+,24-,29-,30+,31+,32-,33+,34-,35-,36+,37+,38+,39-,40-,41-,42+,43-,44-/m1/s1. The van der Waals surface area contributed by atoms with Gasteiger partial charge in [-0.2, -0.15) is 0 Å². The van der Waals surface area contributed by atoms with Crippen LogP contribution in [0.2, 0.25) is 0 Å². The lowest BCUT2D eigenvalue weighted by molar-refractivity contribution is -0.385. The number of rotatable bonds is 22. The molecule has 20 atom stereocenters. The summed E-state index contributed by atoms with van der Waals surface area (Å²) in [4.78, 5) is 49.2. The predicted octanol–water partition coefficient (Wildman–Crippen LogP) is 1.59. The SMILES string of the molecule is CCCCCCCCCCCCO[C@@H]1O[C@@H](C)[C@@H](O[C@H]2O[C@@H](C)[C@H](OC(C)=O)[C@@H](O[C@H]3O[C@H](C)[C@H](OC(C)=O)[C@@H](O[C@@H]4O[C@H](C)[C@@H](OC(C)=O)[C@@H](O)[C@H]4O)[C@H]3OC(C)=O)[C@@H]2O)[C@H](O)[C@@H]1O. The summed E-state index contributed by atoms with van der Waals surface area (Å²) >= 11 is 0. The van der Waals surface area contributed by atoms with Crippen molar-refractivity contribution in [2.45, 2.75) is 249 Å². The van der Waals surface area contributed by atoms with E-state index >= 15 is 0 Å². The zero-order valence-electron chi connectivity index (χ0n) is 39.1. The Morgan fingerprint density at radius 1 is 0.385 bits per heavy atom. The quantitative estimate of drug-likeness (QED) is 0.0585. The Morgan fingerprint density at radius 3 is 1.28 bits per heavy atom. The van der Waals surface area contributed by atoms with Gasteiger partial charge in [0.15, 0.2) is 49.6 Å². The first kappa shape index (κ1) is 55.0. The molecule has 65 heavy (non-hydrogen) atoms. The number of hydrogen-bond donors (Lipinski definition) is 5. The van der Waals surface area contributed by atoms with Crippen molar-refractivity contribution >= 4 is 23.9 Å².